The fourth-order valence-corrected chi connectivity index (χ4v) is 9.27. The molecule has 4 aliphatic carbocycles. The molecule has 7 nitrogen and oxygen atoms in total. The largest absolute Gasteiger partial charge is 0.481 e. The van der Waals surface area contributed by atoms with E-state index >= 15 is 0 Å². The Morgan fingerprint density at radius 1 is 1.00 bits per heavy atom. The summed E-state index contributed by atoms with van der Waals surface area (Å²) in [5.41, 5.74) is 2.25. The molecule has 0 aromatic heterocycles. The molecule has 3 saturated carbocycles. The quantitative estimate of drug-likeness (QED) is 0.161. The first-order valence-corrected chi connectivity index (χ1v) is 16.4. The smallest absolute Gasteiger partial charge is 0.409 e. The van der Waals surface area contributed by atoms with E-state index in [4.69, 9.17) is 9.84 Å². The maximum absolute atomic E-state index is 12.8. The van der Waals surface area contributed by atoms with Crippen LogP contribution in [0.15, 0.2) is 11.6 Å². The molecule has 0 heterocycles. The molecule has 0 unspecified atom stereocenters. The molecule has 7 atom stereocenters. The van der Waals surface area contributed by atoms with Crippen molar-refractivity contribution in [3.63, 3.8) is 0 Å². The molecule has 2 amide bonds. The van der Waals surface area contributed by atoms with E-state index in [1.807, 2.05) is 0 Å². The molecular weight excluding hydrogens is 516 g/mol. The summed E-state index contributed by atoms with van der Waals surface area (Å²) in [5, 5.41) is 8.82. The number of likely N-dealkylation sites (N-methyl/N-ethyl adjacent to an activating group) is 2. The van der Waals surface area contributed by atoms with Crippen LogP contribution in [0.25, 0.3) is 0 Å². The molecule has 0 aromatic rings. The average Bonchev–Trinajstić information content (AvgIpc) is 3.25. The van der Waals surface area contributed by atoms with E-state index in [2.05, 4.69) is 33.8 Å². The van der Waals surface area contributed by atoms with Gasteiger partial charge in [0.25, 0.3) is 0 Å². The van der Waals surface area contributed by atoms with Gasteiger partial charge in [-0.2, -0.15) is 0 Å². The molecule has 4 aliphatic rings. The molecule has 232 valence electrons. The number of hydrogen-bond acceptors (Lipinski definition) is 4. The lowest BCUT2D eigenvalue weighted by molar-refractivity contribution is -0.143. The van der Waals surface area contributed by atoms with Gasteiger partial charge in [0, 0.05) is 33.6 Å². The van der Waals surface area contributed by atoms with Crippen LogP contribution in [0, 0.1) is 40.4 Å². The topological polar surface area (TPSA) is 87.2 Å². The van der Waals surface area contributed by atoms with Crippen molar-refractivity contribution >= 4 is 18.0 Å². The van der Waals surface area contributed by atoms with Gasteiger partial charge in [0.05, 0.1) is 0 Å². The molecule has 3 fully saturated rings. The highest BCUT2D eigenvalue weighted by Gasteiger charge is 2.58. The number of carbonyl (C=O) groups excluding carboxylic acids is 2. The number of ether oxygens (including phenoxy) is 1. The van der Waals surface area contributed by atoms with Crippen LogP contribution in [0.1, 0.15) is 111 Å². The molecule has 1 N–H and O–H groups in total. The molecule has 0 aliphatic heterocycles. The zero-order valence-corrected chi connectivity index (χ0v) is 26.6. The number of carboxylic acids is 1. The second-order valence-corrected chi connectivity index (χ2v) is 14.8. The molecule has 0 spiro atoms. The Hall–Kier alpha value is -2.05. The Morgan fingerprint density at radius 2 is 1.73 bits per heavy atom. The zero-order chi connectivity index (χ0) is 29.9. The van der Waals surface area contributed by atoms with E-state index in [1.54, 1.807) is 14.1 Å². The Kier molecular flexibility index (Phi) is 10.2. The van der Waals surface area contributed by atoms with Crippen LogP contribution in [-0.4, -0.2) is 66.2 Å². The third-order valence-electron chi connectivity index (χ3n) is 11.9. The van der Waals surface area contributed by atoms with E-state index in [1.165, 1.54) is 73.2 Å². The molecule has 0 aromatic carbocycles. The monoisotopic (exact) mass is 572 g/mol. The molecule has 0 saturated heterocycles. The van der Waals surface area contributed by atoms with Crippen LogP contribution in [0.4, 0.5) is 4.79 Å². The van der Waals surface area contributed by atoms with Crippen LogP contribution < -0.4 is 0 Å². The molecule has 41 heavy (non-hydrogen) atoms. The predicted octanol–water partition coefficient (Wildman–Crippen LogP) is 7.15. The minimum absolute atomic E-state index is 0.109. The Labute approximate surface area is 248 Å². The highest BCUT2D eigenvalue weighted by atomic mass is 16.6. The molecule has 4 rings (SSSR count). The Balaban J connectivity index is 1.30. The molecule has 7 heteroatoms. The molecule has 0 radical (unpaired) electrons. The summed E-state index contributed by atoms with van der Waals surface area (Å²) in [5.74, 6) is 2.51. The van der Waals surface area contributed by atoms with Crippen molar-refractivity contribution in [3.8, 4) is 0 Å². The van der Waals surface area contributed by atoms with Gasteiger partial charge in [-0.3, -0.25) is 9.59 Å². The number of carboxylic acid groups (broad SMARTS) is 1. The summed E-state index contributed by atoms with van der Waals surface area (Å²) in [6.45, 7) is 10.4. The lowest BCUT2D eigenvalue weighted by Gasteiger charge is -2.58. The second-order valence-electron chi connectivity index (χ2n) is 14.8. The first-order chi connectivity index (χ1) is 19.3. The Morgan fingerprint density at radius 3 is 2.44 bits per heavy atom. The summed E-state index contributed by atoms with van der Waals surface area (Å²) in [4.78, 5) is 38.4. The second kappa shape index (κ2) is 13.1. The van der Waals surface area contributed by atoms with Crippen molar-refractivity contribution in [2.24, 2.45) is 40.4 Å². The molecule has 0 bridgehead atoms. The van der Waals surface area contributed by atoms with E-state index in [0.717, 1.165) is 48.9 Å². The fraction of sp³-hybridized carbons (Fsp3) is 0.853. The van der Waals surface area contributed by atoms with Gasteiger partial charge in [0.2, 0.25) is 5.91 Å². The highest BCUT2D eigenvalue weighted by molar-refractivity contribution is 5.93. The van der Waals surface area contributed by atoms with E-state index in [9.17, 15) is 14.4 Å². The number of carbonyl (C=O) groups is 3. The maximum atomic E-state index is 12.8. The predicted molar refractivity (Wildman–Crippen MR) is 161 cm³/mol. The number of fused-ring (bicyclic) bond motifs is 5. The van der Waals surface area contributed by atoms with Gasteiger partial charge in [-0.15, -0.1) is 0 Å². The third kappa shape index (κ3) is 6.96. The van der Waals surface area contributed by atoms with Crippen LogP contribution in [0.2, 0.25) is 0 Å². The third-order valence-corrected chi connectivity index (χ3v) is 11.9. The summed E-state index contributed by atoms with van der Waals surface area (Å²) >= 11 is 0. The SMILES string of the molecule is CC(C)CCCC[C@H]1CC[C@H]2[C@@H]3CC=C4C[C@@H](OC(=O)N(C)CCN(C)C(=O)CC(=O)O)CC[C@]4(C)[C@H]3CC[C@]12C. The van der Waals surface area contributed by atoms with Crippen molar-refractivity contribution in [3.05, 3.63) is 11.6 Å². The number of unbranched alkanes of at least 4 members (excludes halogenated alkanes) is 1. The van der Waals surface area contributed by atoms with E-state index < -0.39 is 18.3 Å². The van der Waals surface area contributed by atoms with Gasteiger partial charge in [-0.1, -0.05) is 58.6 Å². The van der Waals surface area contributed by atoms with Crippen LogP contribution in [0.5, 0.6) is 0 Å². The van der Waals surface area contributed by atoms with Crippen molar-refractivity contribution in [1.82, 2.24) is 9.80 Å². The number of amides is 2. The minimum Gasteiger partial charge on any atom is -0.481 e. The summed E-state index contributed by atoms with van der Waals surface area (Å²) < 4.78 is 5.95. The number of rotatable bonds is 11. The minimum atomic E-state index is -1.15. The first-order valence-electron chi connectivity index (χ1n) is 16.4. The van der Waals surface area contributed by atoms with Crippen molar-refractivity contribution in [1.29, 1.82) is 0 Å². The van der Waals surface area contributed by atoms with Gasteiger partial charge in [0.1, 0.15) is 12.5 Å². The van der Waals surface area contributed by atoms with Gasteiger partial charge in [-0.25, -0.2) is 4.79 Å². The van der Waals surface area contributed by atoms with Gasteiger partial charge >= 0.3 is 12.1 Å². The number of allylic oxidation sites excluding steroid dienone is 1. The van der Waals surface area contributed by atoms with Crippen LogP contribution >= 0.6 is 0 Å². The number of hydrogen-bond donors (Lipinski definition) is 1. The fourth-order valence-electron chi connectivity index (χ4n) is 9.27. The van der Waals surface area contributed by atoms with E-state index in [-0.39, 0.29) is 24.2 Å². The van der Waals surface area contributed by atoms with E-state index in [0.29, 0.717) is 12.0 Å². The van der Waals surface area contributed by atoms with Gasteiger partial charge in [0.15, 0.2) is 0 Å². The average molecular weight is 573 g/mol. The summed E-state index contributed by atoms with van der Waals surface area (Å²) in [6.07, 6.45) is 16.6. The lowest BCUT2D eigenvalue weighted by Crippen LogP contribution is -2.50. The maximum Gasteiger partial charge on any atom is 0.409 e. The normalized spacial score (nSPS) is 34.2. The highest BCUT2D eigenvalue weighted by Crippen LogP contribution is 2.66. The zero-order valence-electron chi connectivity index (χ0n) is 26.6. The van der Waals surface area contributed by atoms with Crippen molar-refractivity contribution < 1.29 is 24.2 Å². The first kappa shape index (κ1) is 31.9. The van der Waals surface area contributed by atoms with Crippen LogP contribution in [0.3, 0.4) is 0 Å². The summed E-state index contributed by atoms with van der Waals surface area (Å²) in [7, 11) is 3.23. The Bertz CT molecular complexity index is 994. The summed E-state index contributed by atoms with van der Waals surface area (Å²) in [6, 6.07) is 0. The van der Waals surface area contributed by atoms with Crippen LogP contribution in [-0.2, 0) is 14.3 Å². The number of nitrogens with zero attached hydrogens (tertiary/aromatic N) is 2. The van der Waals surface area contributed by atoms with Gasteiger partial charge < -0.3 is 19.6 Å². The molecular formula is C34H56N2O5. The van der Waals surface area contributed by atoms with Crippen molar-refractivity contribution in [2.75, 3.05) is 27.2 Å². The number of aliphatic carboxylic acids is 1. The van der Waals surface area contributed by atoms with Gasteiger partial charge in [-0.05, 0) is 91.8 Å². The lowest BCUT2D eigenvalue weighted by atomic mass is 9.47. The van der Waals surface area contributed by atoms with Crippen molar-refractivity contribution in [2.45, 2.75) is 117 Å². The standard InChI is InChI=1S/C34H56N2O5/c1-23(2)9-7-8-10-24-12-14-28-27-13-11-25-21-26(15-17-34(25,4)29(27)16-18-33(24,28)3)41-32(40)36(6)20-19-35(5)30(37)22-31(38)39/h11,23-24,26-29H,7-10,12-22H2,1-6H3,(H,38,39)/t24-,26-,27-,28-,29-,33+,34-/m0/s1.